The molecule has 0 unspecified atom stereocenters. The number of H-pyrrole nitrogens is 1. The summed E-state index contributed by atoms with van der Waals surface area (Å²) in [6.45, 7) is 2.31. The Morgan fingerprint density at radius 3 is 2.79 bits per heavy atom. The molecule has 1 aliphatic heterocycles. The molecule has 1 saturated heterocycles. The number of methoxy groups -OCH3 is 1. The second kappa shape index (κ2) is 8.21. The molecule has 0 bridgehead atoms. The highest BCUT2D eigenvalue weighted by molar-refractivity contribution is 5.67. The summed E-state index contributed by atoms with van der Waals surface area (Å²) in [6, 6.07) is 8.99. The van der Waals surface area contributed by atoms with Gasteiger partial charge < -0.3 is 9.84 Å². The van der Waals surface area contributed by atoms with E-state index < -0.39 is 11.6 Å². The first kappa shape index (κ1) is 19.4. The lowest BCUT2D eigenvalue weighted by molar-refractivity contribution is 0.196. The van der Waals surface area contributed by atoms with Gasteiger partial charge in [-0.05, 0) is 37.6 Å². The summed E-state index contributed by atoms with van der Waals surface area (Å²) in [7, 11) is 1.58. The van der Waals surface area contributed by atoms with Crippen molar-refractivity contribution in [3.8, 4) is 22.6 Å². The average molecular weight is 399 g/mol. The Bertz CT molecular complexity index is 985. The quantitative estimate of drug-likeness (QED) is 0.666. The standard InChI is InChI=1S/C22H23F2N3O2/c1-29-20-10-16(28)8-7-14(20)12-27-9-3-4-15(13-27)22-17(11-25-26-22)21-18(23)5-2-6-19(21)24/h2,5-8,10-11,15,28H,3-4,9,12-13H2,1H3,(H,25,26)/t15-/m0/s1. The van der Waals surface area contributed by atoms with Gasteiger partial charge in [-0.25, -0.2) is 8.78 Å². The fraction of sp³-hybridized carbons (Fsp3) is 0.318. The zero-order valence-corrected chi connectivity index (χ0v) is 16.2. The third-order valence-electron chi connectivity index (χ3n) is 5.48. The molecular formula is C22H23F2N3O2. The summed E-state index contributed by atoms with van der Waals surface area (Å²) < 4.78 is 34.0. The molecule has 0 spiro atoms. The van der Waals surface area contributed by atoms with Gasteiger partial charge in [0, 0.05) is 41.9 Å². The van der Waals surface area contributed by atoms with Crippen molar-refractivity contribution in [2.45, 2.75) is 25.3 Å². The fourth-order valence-electron chi connectivity index (χ4n) is 4.10. The number of aromatic hydroxyl groups is 1. The van der Waals surface area contributed by atoms with Crippen LogP contribution in [0.3, 0.4) is 0 Å². The van der Waals surface area contributed by atoms with Crippen LogP contribution in [0.25, 0.3) is 11.1 Å². The largest absolute Gasteiger partial charge is 0.508 e. The number of ether oxygens (including phenoxy) is 1. The minimum absolute atomic E-state index is 0.0337. The Hall–Kier alpha value is -2.93. The number of nitrogens with one attached hydrogen (secondary N) is 1. The van der Waals surface area contributed by atoms with E-state index in [-0.39, 0.29) is 17.2 Å². The number of piperidine rings is 1. The number of hydrogen-bond acceptors (Lipinski definition) is 4. The van der Waals surface area contributed by atoms with Gasteiger partial charge in [0.2, 0.25) is 0 Å². The van der Waals surface area contributed by atoms with Gasteiger partial charge in [-0.2, -0.15) is 5.10 Å². The maximum atomic E-state index is 14.3. The van der Waals surface area contributed by atoms with Crippen LogP contribution in [0.2, 0.25) is 0 Å². The van der Waals surface area contributed by atoms with Crippen molar-refractivity contribution in [3.63, 3.8) is 0 Å². The molecule has 0 aliphatic carbocycles. The first-order valence-corrected chi connectivity index (χ1v) is 9.62. The smallest absolute Gasteiger partial charge is 0.134 e. The SMILES string of the molecule is COc1cc(O)ccc1CN1CCC[C@H](c2[nH]ncc2-c2c(F)cccc2F)C1. The van der Waals surface area contributed by atoms with E-state index in [1.54, 1.807) is 19.2 Å². The molecule has 1 aromatic heterocycles. The molecule has 0 amide bonds. The van der Waals surface area contributed by atoms with Crippen molar-refractivity contribution in [2.24, 2.45) is 0 Å². The van der Waals surface area contributed by atoms with E-state index in [1.165, 1.54) is 24.4 Å². The Balaban J connectivity index is 1.57. The predicted octanol–water partition coefficient (Wildman–Crippen LogP) is 4.45. The van der Waals surface area contributed by atoms with Crippen LogP contribution in [0.4, 0.5) is 8.78 Å². The lowest BCUT2D eigenvalue weighted by Gasteiger charge is -2.33. The number of phenolic OH excluding ortho intramolecular Hbond substituents is 1. The number of phenols is 1. The van der Waals surface area contributed by atoms with E-state index in [2.05, 4.69) is 15.1 Å². The third-order valence-corrected chi connectivity index (χ3v) is 5.48. The summed E-state index contributed by atoms with van der Waals surface area (Å²) >= 11 is 0. The maximum Gasteiger partial charge on any atom is 0.134 e. The van der Waals surface area contributed by atoms with E-state index in [0.717, 1.165) is 37.2 Å². The summed E-state index contributed by atoms with van der Waals surface area (Å²) in [6.07, 6.45) is 3.37. The van der Waals surface area contributed by atoms with Gasteiger partial charge in [0.05, 0.1) is 18.9 Å². The summed E-state index contributed by atoms with van der Waals surface area (Å²) in [5.74, 6) is -0.287. The van der Waals surface area contributed by atoms with Crippen LogP contribution in [-0.2, 0) is 6.54 Å². The zero-order chi connectivity index (χ0) is 20.4. The number of aromatic nitrogens is 2. The number of nitrogens with zero attached hydrogens (tertiary/aromatic N) is 2. The summed E-state index contributed by atoms with van der Waals surface area (Å²) in [5, 5.41) is 16.7. The van der Waals surface area contributed by atoms with Gasteiger partial charge in [0.15, 0.2) is 0 Å². The second-order valence-corrected chi connectivity index (χ2v) is 7.36. The van der Waals surface area contributed by atoms with Crippen molar-refractivity contribution in [1.29, 1.82) is 0 Å². The topological polar surface area (TPSA) is 61.4 Å². The van der Waals surface area contributed by atoms with E-state index in [9.17, 15) is 13.9 Å². The molecule has 0 radical (unpaired) electrons. The van der Waals surface area contributed by atoms with Gasteiger partial charge >= 0.3 is 0 Å². The minimum atomic E-state index is -0.589. The van der Waals surface area contributed by atoms with Gasteiger partial charge in [0.25, 0.3) is 0 Å². The Morgan fingerprint density at radius 2 is 2.03 bits per heavy atom. The number of rotatable bonds is 5. The van der Waals surface area contributed by atoms with Crippen molar-refractivity contribution in [1.82, 2.24) is 15.1 Å². The van der Waals surface area contributed by atoms with Gasteiger partial charge in [-0.15, -0.1) is 0 Å². The average Bonchev–Trinajstić information content (AvgIpc) is 3.19. The summed E-state index contributed by atoms with van der Waals surface area (Å²) in [5.41, 5.74) is 2.19. The number of halogens is 2. The van der Waals surface area contributed by atoms with Crippen LogP contribution in [0.5, 0.6) is 11.5 Å². The Labute approximate surface area is 167 Å². The molecule has 7 heteroatoms. The first-order valence-electron chi connectivity index (χ1n) is 9.62. The highest BCUT2D eigenvalue weighted by Crippen LogP contribution is 2.36. The zero-order valence-electron chi connectivity index (χ0n) is 16.2. The molecule has 1 aliphatic rings. The number of hydrogen-bond donors (Lipinski definition) is 2. The number of likely N-dealkylation sites (tertiary alicyclic amines) is 1. The predicted molar refractivity (Wildman–Crippen MR) is 106 cm³/mol. The second-order valence-electron chi connectivity index (χ2n) is 7.36. The molecule has 2 aromatic carbocycles. The van der Waals surface area contributed by atoms with Gasteiger partial charge in [0.1, 0.15) is 23.1 Å². The lowest BCUT2D eigenvalue weighted by Crippen LogP contribution is -2.34. The summed E-state index contributed by atoms with van der Waals surface area (Å²) in [4.78, 5) is 2.28. The van der Waals surface area contributed by atoms with Crippen molar-refractivity contribution in [2.75, 3.05) is 20.2 Å². The van der Waals surface area contributed by atoms with Crippen molar-refractivity contribution in [3.05, 3.63) is 65.5 Å². The molecule has 3 aromatic rings. The van der Waals surface area contributed by atoms with Crippen LogP contribution in [0, 0.1) is 11.6 Å². The molecule has 5 nitrogen and oxygen atoms in total. The lowest BCUT2D eigenvalue weighted by atomic mass is 9.90. The first-order chi connectivity index (χ1) is 14.1. The van der Waals surface area contributed by atoms with E-state index in [1.807, 2.05) is 6.07 Å². The molecule has 2 heterocycles. The monoisotopic (exact) mass is 399 g/mol. The highest BCUT2D eigenvalue weighted by atomic mass is 19.1. The molecule has 29 heavy (non-hydrogen) atoms. The van der Waals surface area contributed by atoms with Crippen molar-refractivity contribution >= 4 is 0 Å². The van der Waals surface area contributed by atoms with E-state index in [0.29, 0.717) is 17.9 Å². The fourth-order valence-corrected chi connectivity index (χ4v) is 4.10. The third kappa shape index (κ3) is 3.96. The van der Waals surface area contributed by atoms with Crippen LogP contribution in [0.1, 0.15) is 30.0 Å². The van der Waals surface area contributed by atoms with Gasteiger partial charge in [-0.3, -0.25) is 10.00 Å². The van der Waals surface area contributed by atoms with Crippen molar-refractivity contribution < 1.29 is 18.6 Å². The number of benzene rings is 2. The molecule has 152 valence electrons. The van der Waals surface area contributed by atoms with Gasteiger partial charge in [-0.1, -0.05) is 12.1 Å². The molecule has 1 fully saturated rings. The minimum Gasteiger partial charge on any atom is -0.508 e. The molecule has 0 saturated carbocycles. The van der Waals surface area contributed by atoms with Crippen LogP contribution < -0.4 is 4.74 Å². The molecule has 4 rings (SSSR count). The Morgan fingerprint density at radius 1 is 1.24 bits per heavy atom. The molecule has 1 atom stereocenters. The Kier molecular flexibility index (Phi) is 5.49. The molecule has 2 N–H and O–H groups in total. The highest BCUT2D eigenvalue weighted by Gasteiger charge is 2.27. The van der Waals surface area contributed by atoms with Crippen LogP contribution in [-0.4, -0.2) is 40.4 Å². The van der Waals surface area contributed by atoms with E-state index >= 15 is 0 Å². The van der Waals surface area contributed by atoms with E-state index in [4.69, 9.17) is 4.74 Å². The maximum absolute atomic E-state index is 14.3. The van der Waals surface area contributed by atoms with Crippen LogP contribution in [0.15, 0.2) is 42.6 Å². The normalized spacial score (nSPS) is 17.4. The number of aromatic amines is 1. The van der Waals surface area contributed by atoms with Crippen LogP contribution >= 0.6 is 0 Å². The molecular weight excluding hydrogens is 376 g/mol.